The second kappa shape index (κ2) is 7.31. The highest BCUT2D eigenvalue weighted by Gasteiger charge is 2.47. The molecule has 144 valence electrons. The molecule has 1 aliphatic heterocycles. The number of pyridine rings is 1. The molecule has 0 aliphatic carbocycles. The number of anilines is 1. The molecule has 1 aliphatic rings. The van der Waals surface area contributed by atoms with E-state index in [0.717, 1.165) is 5.56 Å². The molecule has 2 heterocycles. The molecule has 29 heavy (non-hydrogen) atoms. The fraction of sp³-hybridized carbons (Fsp3) is 0.0870. The minimum absolute atomic E-state index is 0.0469. The highest BCUT2D eigenvalue weighted by Crippen LogP contribution is 2.41. The van der Waals surface area contributed by atoms with Crippen LogP contribution >= 0.6 is 0 Å². The number of hydrogen-bond acceptors (Lipinski definition) is 4. The van der Waals surface area contributed by atoms with Crippen molar-refractivity contribution >= 4 is 23.1 Å². The molecule has 0 spiro atoms. The van der Waals surface area contributed by atoms with Crippen LogP contribution in [0.15, 0.2) is 78.6 Å². The number of halogens is 1. The number of aliphatic hydroxyl groups excluding tert-OH is 1. The van der Waals surface area contributed by atoms with Gasteiger partial charge in [0.2, 0.25) is 0 Å². The third-order valence-electron chi connectivity index (χ3n) is 4.88. The van der Waals surface area contributed by atoms with E-state index in [4.69, 9.17) is 0 Å². The Labute approximate surface area is 166 Å². The van der Waals surface area contributed by atoms with Crippen LogP contribution < -0.4 is 4.90 Å². The lowest BCUT2D eigenvalue weighted by molar-refractivity contribution is -0.132. The topological polar surface area (TPSA) is 70.5 Å². The minimum Gasteiger partial charge on any atom is -0.507 e. The van der Waals surface area contributed by atoms with Crippen molar-refractivity contribution in [2.45, 2.75) is 13.0 Å². The van der Waals surface area contributed by atoms with Crippen molar-refractivity contribution < 1.29 is 19.1 Å². The smallest absolute Gasteiger partial charge is 0.300 e. The number of benzene rings is 2. The van der Waals surface area contributed by atoms with Gasteiger partial charge < -0.3 is 5.11 Å². The molecule has 0 radical (unpaired) electrons. The summed E-state index contributed by atoms with van der Waals surface area (Å²) in [7, 11) is 0. The van der Waals surface area contributed by atoms with Crippen LogP contribution in [-0.4, -0.2) is 21.8 Å². The average Bonchev–Trinajstić information content (AvgIpc) is 3.00. The van der Waals surface area contributed by atoms with Gasteiger partial charge in [-0.1, -0.05) is 42.0 Å². The number of carbonyl (C=O) groups is 2. The summed E-state index contributed by atoms with van der Waals surface area (Å²) in [5.74, 6) is -2.29. The fourth-order valence-corrected chi connectivity index (χ4v) is 3.42. The number of ketones is 1. The summed E-state index contributed by atoms with van der Waals surface area (Å²) < 4.78 is 13.5. The molecule has 0 saturated carbocycles. The predicted molar refractivity (Wildman–Crippen MR) is 107 cm³/mol. The first-order chi connectivity index (χ1) is 14.0. The summed E-state index contributed by atoms with van der Waals surface area (Å²) in [6, 6.07) is 14.9. The Bertz CT molecular complexity index is 1110. The van der Waals surface area contributed by atoms with Gasteiger partial charge in [0.25, 0.3) is 11.7 Å². The van der Waals surface area contributed by atoms with Crippen LogP contribution in [-0.2, 0) is 9.59 Å². The molecule has 1 aromatic heterocycles. The summed E-state index contributed by atoms with van der Waals surface area (Å²) in [6.45, 7) is 1.91. The second-order valence-corrected chi connectivity index (χ2v) is 6.80. The van der Waals surface area contributed by atoms with Gasteiger partial charge in [-0.25, -0.2) is 4.39 Å². The molecule has 2 aromatic carbocycles. The lowest BCUT2D eigenvalue weighted by Crippen LogP contribution is -2.29. The van der Waals surface area contributed by atoms with Gasteiger partial charge in [0.1, 0.15) is 11.6 Å². The summed E-state index contributed by atoms with van der Waals surface area (Å²) >= 11 is 0. The molecule has 1 amide bonds. The molecule has 1 fully saturated rings. The fourth-order valence-electron chi connectivity index (χ4n) is 3.42. The van der Waals surface area contributed by atoms with E-state index in [1.165, 1.54) is 35.4 Å². The minimum atomic E-state index is -0.902. The van der Waals surface area contributed by atoms with Crippen molar-refractivity contribution in [1.29, 1.82) is 0 Å². The van der Waals surface area contributed by atoms with Gasteiger partial charge in [0, 0.05) is 11.8 Å². The molecule has 1 saturated heterocycles. The lowest BCUT2D eigenvalue weighted by atomic mass is 9.95. The molecular weight excluding hydrogens is 371 g/mol. The van der Waals surface area contributed by atoms with Crippen LogP contribution in [0, 0.1) is 12.7 Å². The highest BCUT2D eigenvalue weighted by atomic mass is 19.1. The number of aliphatic hydroxyl groups is 1. The van der Waals surface area contributed by atoms with Crippen LogP contribution in [0.2, 0.25) is 0 Å². The van der Waals surface area contributed by atoms with Crippen LogP contribution in [0.1, 0.15) is 22.7 Å². The standard InChI is InChI=1S/C23H17FN2O3/c1-14-4-6-16(7-5-14)21(27)19-20(15-8-10-17(24)11-9-15)26(23(29)22(19)28)18-3-2-12-25-13-18/h2-13,20,27H,1H3/t20-/m0/s1. The number of carbonyl (C=O) groups excluding carboxylic acids is 2. The van der Waals surface area contributed by atoms with E-state index in [0.29, 0.717) is 16.8 Å². The zero-order chi connectivity index (χ0) is 20.5. The molecule has 1 N–H and O–H groups in total. The summed E-state index contributed by atoms with van der Waals surface area (Å²) in [4.78, 5) is 31.1. The predicted octanol–water partition coefficient (Wildman–Crippen LogP) is 4.16. The van der Waals surface area contributed by atoms with Crippen molar-refractivity contribution in [2.24, 2.45) is 0 Å². The zero-order valence-corrected chi connectivity index (χ0v) is 15.5. The van der Waals surface area contributed by atoms with E-state index in [1.54, 1.807) is 42.6 Å². The number of nitrogens with zero attached hydrogens (tertiary/aromatic N) is 2. The Morgan fingerprint density at radius 3 is 2.34 bits per heavy atom. The number of Topliss-reactive ketones (excluding diaryl/α,β-unsaturated/α-hetero) is 1. The van der Waals surface area contributed by atoms with Gasteiger partial charge in [-0.3, -0.25) is 19.5 Å². The molecule has 0 bridgehead atoms. The number of aromatic nitrogens is 1. The number of rotatable bonds is 3. The van der Waals surface area contributed by atoms with Gasteiger partial charge in [-0.2, -0.15) is 0 Å². The number of aryl methyl sites for hydroxylation is 1. The first-order valence-electron chi connectivity index (χ1n) is 9.01. The molecular formula is C23H17FN2O3. The molecule has 6 heteroatoms. The monoisotopic (exact) mass is 388 g/mol. The van der Waals surface area contributed by atoms with E-state index in [2.05, 4.69) is 4.98 Å². The Hall–Kier alpha value is -3.80. The Balaban J connectivity index is 1.94. The quantitative estimate of drug-likeness (QED) is 0.416. The Kier molecular flexibility index (Phi) is 4.68. The average molecular weight is 388 g/mol. The summed E-state index contributed by atoms with van der Waals surface area (Å²) in [5, 5.41) is 10.9. The second-order valence-electron chi connectivity index (χ2n) is 6.80. The van der Waals surface area contributed by atoms with Crippen LogP contribution in [0.3, 0.4) is 0 Å². The maximum atomic E-state index is 13.5. The zero-order valence-electron chi connectivity index (χ0n) is 15.5. The van der Waals surface area contributed by atoms with Crippen molar-refractivity contribution in [3.05, 3.63) is 101 Å². The van der Waals surface area contributed by atoms with Crippen molar-refractivity contribution in [3.63, 3.8) is 0 Å². The molecule has 5 nitrogen and oxygen atoms in total. The molecule has 1 atom stereocenters. The van der Waals surface area contributed by atoms with E-state index >= 15 is 0 Å². The van der Waals surface area contributed by atoms with Crippen molar-refractivity contribution in [3.8, 4) is 0 Å². The van der Waals surface area contributed by atoms with E-state index < -0.39 is 23.5 Å². The van der Waals surface area contributed by atoms with Gasteiger partial charge in [-0.15, -0.1) is 0 Å². The first-order valence-corrected chi connectivity index (χ1v) is 9.01. The first kappa shape index (κ1) is 18.6. The Morgan fingerprint density at radius 2 is 1.72 bits per heavy atom. The molecule has 0 unspecified atom stereocenters. The summed E-state index contributed by atoms with van der Waals surface area (Å²) in [5.41, 5.74) is 2.28. The number of hydrogen-bond donors (Lipinski definition) is 1. The van der Waals surface area contributed by atoms with Crippen LogP contribution in [0.25, 0.3) is 5.76 Å². The normalized spacial score (nSPS) is 18.3. The Morgan fingerprint density at radius 1 is 1.03 bits per heavy atom. The van der Waals surface area contributed by atoms with Crippen molar-refractivity contribution in [2.75, 3.05) is 4.90 Å². The van der Waals surface area contributed by atoms with E-state index in [1.807, 2.05) is 6.92 Å². The van der Waals surface area contributed by atoms with Gasteiger partial charge in [0.05, 0.1) is 23.5 Å². The van der Waals surface area contributed by atoms with Crippen LogP contribution in [0.4, 0.5) is 10.1 Å². The van der Waals surface area contributed by atoms with Gasteiger partial charge in [-0.05, 0) is 36.8 Å². The lowest BCUT2D eigenvalue weighted by Gasteiger charge is -2.25. The maximum absolute atomic E-state index is 13.5. The summed E-state index contributed by atoms with van der Waals surface area (Å²) in [6.07, 6.45) is 3.02. The third-order valence-corrected chi connectivity index (χ3v) is 4.88. The van der Waals surface area contributed by atoms with Crippen molar-refractivity contribution in [1.82, 2.24) is 4.98 Å². The molecule has 3 aromatic rings. The third kappa shape index (κ3) is 3.29. The maximum Gasteiger partial charge on any atom is 0.300 e. The van der Waals surface area contributed by atoms with Gasteiger partial charge >= 0.3 is 0 Å². The number of amides is 1. The highest BCUT2D eigenvalue weighted by molar-refractivity contribution is 6.51. The van der Waals surface area contributed by atoms with Gasteiger partial charge in [0.15, 0.2) is 0 Å². The molecule has 4 rings (SSSR count). The van der Waals surface area contributed by atoms with E-state index in [-0.39, 0.29) is 11.3 Å². The SMILES string of the molecule is Cc1ccc(C(O)=C2C(=O)C(=O)N(c3cccnc3)[C@H]2c2ccc(F)cc2)cc1. The van der Waals surface area contributed by atoms with E-state index in [9.17, 15) is 19.1 Å². The largest absolute Gasteiger partial charge is 0.507 e. The van der Waals surface area contributed by atoms with Crippen LogP contribution in [0.5, 0.6) is 0 Å².